The van der Waals surface area contributed by atoms with Crippen LogP contribution < -0.4 is 10.9 Å². The largest absolute Gasteiger partial charge is 0.343 e. The summed E-state index contributed by atoms with van der Waals surface area (Å²) < 4.78 is 0. The van der Waals surface area contributed by atoms with E-state index in [1.807, 2.05) is 31.2 Å². The van der Waals surface area contributed by atoms with Crippen molar-refractivity contribution in [1.29, 1.82) is 0 Å². The zero-order valence-electron chi connectivity index (χ0n) is 19.1. The van der Waals surface area contributed by atoms with Gasteiger partial charge in [0.05, 0.1) is 6.54 Å². The zero-order chi connectivity index (χ0) is 22.7. The standard InChI is InChI=1S/C26H32N4OS/c1-4-29-13-5-6-23(29)17-30(26(32)27-22-11-8-18(2)9-12-22)16-21-15-20-10-7-19(3)14-24(20)28-25(21)31/h7-12,14-15,23H,4-6,13,16-17H2,1-3H3,(H,27,32)(H,28,31). The molecule has 1 aliphatic rings. The van der Waals surface area contributed by atoms with Crippen molar-refractivity contribution in [3.05, 3.63) is 75.6 Å². The van der Waals surface area contributed by atoms with E-state index in [1.165, 1.54) is 12.0 Å². The van der Waals surface area contributed by atoms with E-state index in [2.05, 4.69) is 58.2 Å². The van der Waals surface area contributed by atoms with Crippen LogP contribution in [0.4, 0.5) is 5.69 Å². The van der Waals surface area contributed by atoms with Gasteiger partial charge < -0.3 is 15.2 Å². The molecule has 168 valence electrons. The van der Waals surface area contributed by atoms with Gasteiger partial charge in [-0.2, -0.15) is 0 Å². The van der Waals surface area contributed by atoms with Crippen molar-refractivity contribution in [2.45, 2.75) is 46.2 Å². The number of likely N-dealkylation sites (tertiary alicyclic amines) is 1. The number of hydrogen-bond donors (Lipinski definition) is 2. The molecule has 0 aliphatic carbocycles. The van der Waals surface area contributed by atoms with Crippen LogP contribution in [0.5, 0.6) is 0 Å². The first kappa shape index (κ1) is 22.5. The van der Waals surface area contributed by atoms with E-state index in [0.29, 0.717) is 17.7 Å². The van der Waals surface area contributed by atoms with E-state index in [9.17, 15) is 4.79 Å². The van der Waals surface area contributed by atoms with Crippen molar-refractivity contribution in [2.24, 2.45) is 0 Å². The normalized spacial score (nSPS) is 16.4. The molecule has 0 spiro atoms. The van der Waals surface area contributed by atoms with Gasteiger partial charge in [-0.25, -0.2) is 0 Å². The Morgan fingerprint density at radius 2 is 1.91 bits per heavy atom. The van der Waals surface area contributed by atoms with E-state index in [1.54, 1.807) is 0 Å². The second kappa shape index (κ2) is 9.84. The number of rotatable bonds is 6. The third-order valence-corrected chi connectivity index (χ3v) is 6.73. The van der Waals surface area contributed by atoms with Crippen molar-refractivity contribution in [3.8, 4) is 0 Å². The van der Waals surface area contributed by atoms with Gasteiger partial charge in [-0.1, -0.05) is 36.8 Å². The third kappa shape index (κ3) is 5.19. The fourth-order valence-corrected chi connectivity index (χ4v) is 4.77. The molecule has 1 aromatic heterocycles. The third-order valence-electron chi connectivity index (χ3n) is 6.37. The topological polar surface area (TPSA) is 51.4 Å². The molecule has 1 fully saturated rings. The molecule has 0 radical (unpaired) electrons. The molecule has 1 saturated heterocycles. The summed E-state index contributed by atoms with van der Waals surface area (Å²) in [6, 6.07) is 16.8. The Kier molecular flexibility index (Phi) is 6.92. The van der Waals surface area contributed by atoms with Crippen LogP contribution >= 0.6 is 12.2 Å². The number of H-pyrrole nitrogens is 1. The summed E-state index contributed by atoms with van der Waals surface area (Å²) in [5.41, 5.74) is 4.86. The Morgan fingerprint density at radius 1 is 1.16 bits per heavy atom. The molecule has 4 rings (SSSR count). The van der Waals surface area contributed by atoms with Crippen LogP contribution in [0.3, 0.4) is 0 Å². The van der Waals surface area contributed by atoms with Crippen LogP contribution in [-0.2, 0) is 6.54 Å². The highest BCUT2D eigenvalue weighted by atomic mass is 32.1. The van der Waals surface area contributed by atoms with E-state index < -0.39 is 0 Å². The van der Waals surface area contributed by atoms with Gasteiger partial charge in [-0.15, -0.1) is 0 Å². The van der Waals surface area contributed by atoms with Gasteiger partial charge in [-0.3, -0.25) is 9.69 Å². The molecular formula is C26H32N4OS. The summed E-state index contributed by atoms with van der Waals surface area (Å²) in [5.74, 6) is 0. The molecule has 1 atom stereocenters. The van der Waals surface area contributed by atoms with Gasteiger partial charge >= 0.3 is 0 Å². The Labute approximate surface area is 195 Å². The van der Waals surface area contributed by atoms with Crippen LogP contribution in [-0.4, -0.2) is 45.6 Å². The van der Waals surface area contributed by atoms with E-state index in [4.69, 9.17) is 12.2 Å². The minimum Gasteiger partial charge on any atom is -0.343 e. The van der Waals surface area contributed by atoms with Crippen molar-refractivity contribution in [3.63, 3.8) is 0 Å². The van der Waals surface area contributed by atoms with Crippen molar-refractivity contribution in [1.82, 2.24) is 14.8 Å². The lowest BCUT2D eigenvalue weighted by molar-refractivity contribution is 0.221. The van der Waals surface area contributed by atoms with Gasteiger partial charge in [0.25, 0.3) is 5.56 Å². The minimum atomic E-state index is -0.0509. The molecule has 1 unspecified atom stereocenters. The molecule has 2 aromatic carbocycles. The van der Waals surface area contributed by atoms with Gasteiger partial charge in [0.15, 0.2) is 5.11 Å². The highest BCUT2D eigenvalue weighted by Gasteiger charge is 2.26. The van der Waals surface area contributed by atoms with E-state index >= 15 is 0 Å². The van der Waals surface area contributed by atoms with Crippen molar-refractivity contribution < 1.29 is 0 Å². The quantitative estimate of drug-likeness (QED) is 0.529. The fourth-order valence-electron chi connectivity index (χ4n) is 4.51. The maximum Gasteiger partial charge on any atom is 0.253 e. The first-order valence-corrected chi connectivity index (χ1v) is 11.8. The average Bonchev–Trinajstić information content (AvgIpc) is 3.22. The summed E-state index contributed by atoms with van der Waals surface area (Å²) in [5, 5.41) is 5.08. The number of nitrogens with one attached hydrogen (secondary N) is 2. The number of nitrogens with zero attached hydrogens (tertiary/aromatic N) is 2. The number of benzene rings is 2. The lowest BCUT2D eigenvalue weighted by Gasteiger charge is -2.32. The molecule has 0 bridgehead atoms. The van der Waals surface area contributed by atoms with Crippen molar-refractivity contribution in [2.75, 3.05) is 25.0 Å². The van der Waals surface area contributed by atoms with Crippen LogP contribution in [0.15, 0.2) is 53.3 Å². The lowest BCUT2D eigenvalue weighted by atomic mass is 10.1. The van der Waals surface area contributed by atoms with Gasteiger partial charge in [0, 0.05) is 29.4 Å². The number of aromatic amines is 1. The maximum atomic E-state index is 12.9. The van der Waals surface area contributed by atoms with Crippen LogP contribution in [0.2, 0.25) is 0 Å². The molecule has 2 heterocycles. The number of anilines is 1. The number of pyridine rings is 1. The Morgan fingerprint density at radius 3 is 2.66 bits per heavy atom. The minimum absolute atomic E-state index is 0.0509. The lowest BCUT2D eigenvalue weighted by Crippen LogP contribution is -2.44. The summed E-state index contributed by atoms with van der Waals surface area (Å²) in [4.78, 5) is 20.6. The molecular weight excluding hydrogens is 416 g/mol. The second-order valence-electron chi connectivity index (χ2n) is 8.82. The number of likely N-dealkylation sites (N-methyl/N-ethyl adjacent to an activating group) is 1. The summed E-state index contributed by atoms with van der Waals surface area (Å²) in [7, 11) is 0. The number of fused-ring (bicyclic) bond motifs is 1. The summed E-state index contributed by atoms with van der Waals surface area (Å²) >= 11 is 5.84. The fraction of sp³-hybridized carbons (Fsp3) is 0.385. The molecule has 0 amide bonds. The predicted octanol–water partition coefficient (Wildman–Crippen LogP) is 4.83. The second-order valence-corrected chi connectivity index (χ2v) is 9.20. The van der Waals surface area contributed by atoms with E-state index in [-0.39, 0.29) is 5.56 Å². The SMILES string of the molecule is CCN1CCCC1CN(Cc1cc2ccc(C)cc2[nH]c1=O)C(=S)Nc1ccc(C)cc1. The summed E-state index contributed by atoms with van der Waals surface area (Å²) in [6.45, 7) is 9.75. The number of aromatic nitrogens is 1. The molecule has 0 saturated carbocycles. The smallest absolute Gasteiger partial charge is 0.253 e. The first-order valence-electron chi connectivity index (χ1n) is 11.4. The number of aryl methyl sites for hydroxylation is 2. The molecule has 2 N–H and O–H groups in total. The van der Waals surface area contributed by atoms with Crippen LogP contribution in [0, 0.1) is 13.8 Å². The van der Waals surface area contributed by atoms with Gasteiger partial charge in [0.2, 0.25) is 0 Å². The monoisotopic (exact) mass is 448 g/mol. The van der Waals surface area contributed by atoms with Crippen LogP contribution in [0.1, 0.15) is 36.5 Å². The molecule has 1 aliphatic heterocycles. The Hall–Kier alpha value is -2.70. The summed E-state index contributed by atoms with van der Waals surface area (Å²) in [6.07, 6.45) is 2.37. The van der Waals surface area contributed by atoms with Gasteiger partial charge in [0.1, 0.15) is 0 Å². The Balaban J connectivity index is 1.60. The van der Waals surface area contributed by atoms with Crippen molar-refractivity contribution >= 4 is 33.9 Å². The maximum absolute atomic E-state index is 12.9. The average molecular weight is 449 g/mol. The number of thiocarbonyl (C=S) groups is 1. The highest BCUT2D eigenvalue weighted by Crippen LogP contribution is 2.20. The number of hydrogen-bond acceptors (Lipinski definition) is 3. The molecule has 32 heavy (non-hydrogen) atoms. The molecule has 6 heteroatoms. The van der Waals surface area contributed by atoms with Gasteiger partial charge in [-0.05, 0) is 87.2 Å². The Bertz CT molecular complexity index is 1150. The highest BCUT2D eigenvalue weighted by molar-refractivity contribution is 7.80. The first-order chi connectivity index (χ1) is 15.4. The van der Waals surface area contributed by atoms with E-state index in [0.717, 1.165) is 53.8 Å². The molecule has 5 nitrogen and oxygen atoms in total. The zero-order valence-corrected chi connectivity index (χ0v) is 20.0. The predicted molar refractivity (Wildman–Crippen MR) is 137 cm³/mol. The molecule has 3 aromatic rings. The van der Waals surface area contributed by atoms with Crippen LogP contribution in [0.25, 0.3) is 10.9 Å².